The normalized spacial score (nSPS) is 15.8. The summed E-state index contributed by atoms with van der Waals surface area (Å²) in [5.74, 6) is 2.01. The Morgan fingerprint density at radius 1 is 1.33 bits per heavy atom. The zero-order chi connectivity index (χ0) is 13.3. The van der Waals surface area contributed by atoms with E-state index in [0.717, 1.165) is 34.8 Å². The lowest BCUT2D eigenvalue weighted by Gasteiger charge is -2.29. The number of pyridine rings is 1. The third kappa shape index (κ3) is 2.47. The summed E-state index contributed by atoms with van der Waals surface area (Å²) in [5.41, 5.74) is 2.09. The SMILES string of the molecule is Cc1nc(C)c([N+](=O)[O-])c(N2CCSCC2)c1Br. The highest BCUT2D eigenvalue weighted by atomic mass is 79.9. The second-order valence-electron chi connectivity index (χ2n) is 4.15. The number of hydrogen-bond acceptors (Lipinski definition) is 5. The Morgan fingerprint density at radius 3 is 2.50 bits per heavy atom. The van der Waals surface area contributed by atoms with E-state index in [9.17, 15) is 10.1 Å². The number of anilines is 1. The summed E-state index contributed by atoms with van der Waals surface area (Å²) in [7, 11) is 0. The molecule has 1 aliphatic heterocycles. The fourth-order valence-corrected chi connectivity index (χ4v) is 3.52. The maximum atomic E-state index is 11.3. The van der Waals surface area contributed by atoms with E-state index in [1.165, 1.54) is 0 Å². The second-order valence-corrected chi connectivity index (χ2v) is 6.17. The molecule has 1 fully saturated rings. The second kappa shape index (κ2) is 5.44. The number of rotatable bonds is 2. The van der Waals surface area contributed by atoms with Crippen LogP contribution in [0.15, 0.2) is 4.47 Å². The van der Waals surface area contributed by atoms with Crippen molar-refractivity contribution in [2.45, 2.75) is 13.8 Å². The highest BCUT2D eigenvalue weighted by Crippen LogP contribution is 2.39. The largest absolute Gasteiger partial charge is 0.363 e. The number of aryl methyl sites for hydroxylation is 2. The fraction of sp³-hybridized carbons (Fsp3) is 0.545. The van der Waals surface area contributed by atoms with Crippen LogP contribution < -0.4 is 4.90 Å². The van der Waals surface area contributed by atoms with E-state index in [-0.39, 0.29) is 10.6 Å². The van der Waals surface area contributed by atoms with Gasteiger partial charge >= 0.3 is 5.69 Å². The Balaban J connectivity index is 2.57. The summed E-state index contributed by atoms with van der Waals surface area (Å²) >= 11 is 5.33. The van der Waals surface area contributed by atoms with Gasteiger partial charge in [-0.15, -0.1) is 0 Å². The van der Waals surface area contributed by atoms with Crippen molar-refractivity contribution in [1.29, 1.82) is 0 Å². The Kier molecular flexibility index (Phi) is 4.11. The standard InChI is InChI=1S/C11H14BrN3O2S/c1-7-9(12)11(14-3-5-18-6-4-14)10(15(16)17)8(2)13-7/h3-6H2,1-2H3. The van der Waals surface area contributed by atoms with Crippen molar-refractivity contribution in [3.8, 4) is 0 Å². The molecule has 0 bridgehead atoms. The van der Waals surface area contributed by atoms with Crippen molar-refractivity contribution < 1.29 is 4.92 Å². The van der Waals surface area contributed by atoms with E-state index in [1.54, 1.807) is 6.92 Å². The monoisotopic (exact) mass is 331 g/mol. The molecule has 1 saturated heterocycles. The molecule has 18 heavy (non-hydrogen) atoms. The minimum Gasteiger partial charge on any atom is -0.363 e. The van der Waals surface area contributed by atoms with Crippen LogP contribution in [-0.4, -0.2) is 34.5 Å². The molecule has 2 heterocycles. The lowest BCUT2D eigenvalue weighted by Crippen LogP contribution is -2.33. The summed E-state index contributed by atoms with van der Waals surface area (Å²) in [6.45, 7) is 5.24. The summed E-state index contributed by atoms with van der Waals surface area (Å²) in [6, 6.07) is 0. The van der Waals surface area contributed by atoms with E-state index in [1.807, 2.05) is 18.7 Å². The molecule has 0 aromatic carbocycles. The minimum atomic E-state index is -0.330. The number of nitrogens with zero attached hydrogens (tertiary/aromatic N) is 3. The highest BCUT2D eigenvalue weighted by Gasteiger charge is 2.28. The average Bonchev–Trinajstić information content (AvgIpc) is 2.34. The predicted octanol–water partition coefficient (Wildman–Crippen LogP) is 2.92. The van der Waals surface area contributed by atoms with Gasteiger partial charge in [-0.25, -0.2) is 4.98 Å². The van der Waals surface area contributed by atoms with Gasteiger partial charge < -0.3 is 4.90 Å². The molecule has 0 N–H and O–H groups in total. The Morgan fingerprint density at radius 2 is 1.94 bits per heavy atom. The molecule has 0 atom stereocenters. The first-order valence-electron chi connectivity index (χ1n) is 5.66. The molecule has 2 rings (SSSR count). The molecule has 0 saturated carbocycles. The van der Waals surface area contributed by atoms with E-state index >= 15 is 0 Å². The molecular formula is C11H14BrN3O2S. The molecule has 0 radical (unpaired) electrons. The van der Waals surface area contributed by atoms with Gasteiger partial charge in [-0.05, 0) is 29.8 Å². The van der Waals surface area contributed by atoms with E-state index in [0.29, 0.717) is 11.4 Å². The van der Waals surface area contributed by atoms with Crippen LogP contribution in [0.1, 0.15) is 11.4 Å². The summed E-state index contributed by atoms with van der Waals surface area (Å²) < 4.78 is 0.742. The Labute approximate surface area is 118 Å². The lowest BCUT2D eigenvalue weighted by atomic mass is 10.2. The van der Waals surface area contributed by atoms with Crippen LogP contribution >= 0.6 is 27.7 Å². The average molecular weight is 332 g/mol. The van der Waals surface area contributed by atoms with Crippen LogP contribution in [0.5, 0.6) is 0 Å². The molecule has 0 spiro atoms. The first-order valence-corrected chi connectivity index (χ1v) is 7.61. The van der Waals surface area contributed by atoms with Crippen molar-refractivity contribution in [2.75, 3.05) is 29.5 Å². The summed E-state index contributed by atoms with van der Waals surface area (Å²) in [6.07, 6.45) is 0. The Bertz CT molecular complexity index is 490. The highest BCUT2D eigenvalue weighted by molar-refractivity contribution is 9.10. The molecule has 98 valence electrons. The van der Waals surface area contributed by atoms with Crippen LogP contribution in [0.2, 0.25) is 0 Å². The summed E-state index contributed by atoms with van der Waals surface area (Å²) in [4.78, 5) is 17.2. The van der Waals surface area contributed by atoms with Crippen LogP contribution in [0.3, 0.4) is 0 Å². The number of aromatic nitrogens is 1. The van der Waals surface area contributed by atoms with Crippen molar-refractivity contribution in [3.05, 3.63) is 26.0 Å². The number of thioether (sulfide) groups is 1. The van der Waals surface area contributed by atoms with Gasteiger partial charge in [0.2, 0.25) is 0 Å². The van der Waals surface area contributed by atoms with Crippen LogP contribution in [0.4, 0.5) is 11.4 Å². The predicted molar refractivity (Wildman–Crippen MR) is 77.6 cm³/mol. The van der Waals surface area contributed by atoms with Crippen LogP contribution in [-0.2, 0) is 0 Å². The zero-order valence-electron chi connectivity index (χ0n) is 10.3. The number of nitro groups is 1. The van der Waals surface area contributed by atoms with Gasteiger partial charge in [0, 0.05) is 24.6 Å². The maximum absolute atomic E-state index is 11.3. The third-order valence-electron chi connectivity index (χ3n) is 2.94. The van der Waals surface area contributed by atoms with Crippen molar-refractivity contribution in [2.24, 2.45) is 0 Å². The molecule has 1 aromatic heterocycles. The molecule has 0 aliphatic carbocycles. The van der Waals surface area contributed by atoms with Gasteiger partial charge in [-0.2, -0.15) is 11.8 Å². The minimum absolute atomic E-state index is 0.124. The first-order chi connectivity index (χ1) is 8.52. The molecule has 0 unspecified atom stereocenters. The number of halogens is 1. The Hall–Kier alpha value is -0.820. The molecule has 5 nitrogen and oxygen atoms in total. The van der Waals surface area contributed by atoms with Crippen LogP contribution in [0.25, 0.3) is 0 Å². The molecule has 1 aromatic rings. The van der Waals surface area contributed by atoms with Gasteiger partial charge in [0.05, 0.1) is 15.1 Å². The third-order valence-corrected chi connectivity index (χ3v) is 4.83. The van der Waals surface area contributed by atoms with Gasteiger partial charge in [0.25, 0.3) is 0 Å². The first kappa shape index (κ1) is 13.6. The van der Waals surface area contributed by atoms with Gasteiger partial charge in [0.1, 0.15) is 11.4 Å². The van der Waals surface area contributed by atoms with E-state index in [4.69, 9.17) is 0 Å². The molecular weight excluding hydrogens is 318 g/mol. The smallest absolute Gasteiger partial charge is 0.314 e. The van der Waals surface area contributed by atoms with Crippen molar-refractivity contribution in [3.63, 3.8) is 0 Å². The van der Waals surface area contributed by atoms with Crippen LogP contribution in [0, 0.1) is 24.0 Å². The summed E-state index contributed by atoms with van der Waals surface area (Å²) in [5, 5.41) is 11.3. The topological polar surface area (TPSA) is 59.3 Å². The van der Waals surface area contributed by atoms with E-state index in [2.05, 4.69) is 25.8 Å². The fourth-order valence-electron chi connectivity index (χ4n) is 2.09. The zero-order valence-corrected chi connectivity index (χ0v) is 12.7. The van der Waals surface area contributed by atoms with Gasteiger partial charge in [0.15, 0.2) is 0 Å². The van der Waals surface area contributed by atoms with Crippen molar-refractivity contribution in [1.82, 2.24) is 4.98 Å². The molecule has 1 aliphatic rings. The lowest BCUT2D eigenvalue weighted by molar-refractivity contribution is -0.385. The van der Waals surface area contributed by atoms with Crippen molar-refractivity contribution >= 4 is 39.1 Å². The van der Waals surface area contributed by atoms with Gasteiger partial charge in [-0.3, -0.25) is 10.1 Å². The number of hydrogen-bond donors (Lipinski definition) is 0. The van der Waals surface area contributed by atoms with E-state index < -0.39 is 0 Å². The molecule has 0 amide bonds. The molecule has 7 heteroatoms. The maximum Gasteiger partial charge on any atom is 0.314 e. The van der Waals surface area contributed by atoms with Gasteiger partial charge in [-0.1, -0.05) is 0 Å². The quantitative estimate of drug-likeness (QED) is 0.616.